The van der Waals surface area contributed by atoms with E-state index < -0.39 is 23.8 Å². The molecule has 1 saturated carbocycles. The Balaban J connectivity index is 1.32. The van der Waals surface area contributed by atoms with E-state index in [0.29, 0.717) is 36.9 Å². The number of amides is 3. The van der Waals surface area contributed by atoms with Crippen LogP contribution in [0.25, 0.3) is 11.1 Å². The van der Waals surface area contributed by atoms with Crippen molar-refractivity contribution in [2.24, 2.45) is 11.8 Å². The van der Waals surface area contributed by atoms with Crippen LogP contribution in [0.1, 0.15) is 63.6 Å². The van der Waals surface area contributed by atoms with Gasteiger partial charge in [0.15, 0.2) is 0 Å². The number of rotatable bonds is 5. The van der Waals surface area contributed by atoms with Crippen LogP contribution < -0.4 is 0 Å². The second-order valence-electron chi connectivity index (χ2n) is 10.7. The molecule has 3 atom stereocenters. The Morgan fingerprint density at radius 1 is 0.795 bits per heavy atom. The average molecular weight is 523 g/mol. The van der Waals surface area contributed by atoms with Crippen LogP contribution in [-0.4, -0.2) is 51.7 Å². The van der Waals surface area contributed by atoms with Crippen molar-refractivity contribution >= 4 is 23.7 Å². The number of carbonyl (C=O) groups excluding carboxylic acids is 3. The molecule has 3 aliphatic rings. The summed E-state index contributed by atoms with van der Waals surface area (Å²) in [6, 6.07) is 22.3. The predicted molar refractivity (Wildman–Crippen MR) is 145 cm³/mol. The lowest BCUT2D eigenvalue weighted by Gasteiger charge is -2.42. The van der Waals surface area contributed by atoms with Crippen molar-refractivity contribution in [3.8, 4) is 11.1 Å². The summed E-state index contributed by atoms with van der Waals surface area (Å²) in [7, 11) is 0. The Bertz CT molecular complexity index is 1470. The second-order valence-corrected chi connectivity index (χ2v) is 10.7. The quantitative estimate of drug-likeness (QED) is 0.478. The molecule has 3 aromatic carbocycles. The molecular weight excluding hydrogens is 492 g/mol. The molecule has 0 radical (unpaired) electrons. The minimum absolute atomic E-state index is 0.0280. The molecule has 7 nitrogen and oxygen atoms in total. The molecule has 1 N–H and O–H groups in total. The molecule has 39 heavy (non-hydrogen) atoms. The van der Waals surface area contributed by atoms with E-state index in [2.05, 4.69) is 0 Å². The van der Waals surface area contributed by atoms with Crippen molar-refractivity contribution < 1.29 is 24.3 Å². The zero-order chi connectivity index (χ0) is 27.1. The van der Waals surface area contributed by atoms with Crippen molar-refractivity contribution in [1.82, 2.24) is 9.80 Å². The number of imide groups is 1. The summed E-state index contributed by atoms with van der Waals surface area (Å²) >= 11 is 0. The topological polar surface area (TPSA) is 95.0 Å². The summed E-state index contributed by atoms with van der Waals surface area (Å²) in [5.74, 6) is -3.17. The first-order valence-electron chi connectivity index (χ1n) is 13.6. The number of nitrogens with zero attached hydrogens (tertiary/aromatic N) is 2. The first kappa shape index (κ1) is 25.0. The van der Waals surface area contributed by atoms with Crippen molar-refractivity contribution in [2.75, 3.05) is 13.1 Å². The van der Waals surface area contributed by atoms with Crippen LogP contribution in [0.4, 0.5) is 0 Å². The van der Waals surface area contributed by atoms with E-state index in [0.717, 1.165) is 35.1 Å². The zero-order valence-corrected chi connectivity index (χ0v) is 21.6. The normalized spacial score (nSPS) is 22.4. The van der Waals surface area contributed by atoms with Crippen molar-refractivity contribution in [1.29, 1.82) is 0 Å². The molecule has 1 unspecified atom stereocenters. The van der Waals surface area contributed by atoms with Crippen LogP contribution in [0.15, 0.2) is 72.8 Å². The van der Waals surface area contributed by atoms with E-state index in [1.165, 1.54) is 4.90 Å². The largest absolute Gasteiger partial charge is 0.481 e. The minimum atomic E-state index is -0.934. The molecular formula is C32H30N2O5. The highest BCUT2D eigenvalue weighted by Gasteiger charge is 2.44. The van der Waals surface area contributed by atoms with Crippen molar-refractivity contribution in [2.45, 2.75) is 38.1 Å². The summed E-state index contributed by atoms with van der Waals surface area (Å²) in [6.45, 7) is 0.449. The van der Waals surface area contributed by atoms with E-state index >= 15 is 0 Å². The van der Waals surface area contributed by atoms with Gasteiger partial charge in [0.05, 0.1) is 35.5 Å². The van der Waals surface area contributed by atoms with Crippen LogP contribution >= 0.6 is 0 Å². The standard InChI is InChI=1S/C32H30N2O5/c35-29(24-12-6-7-13-26(24)32(38)39)33-17-16-21-10-4-5-11-23(21)28(33)19-34-30(36)25-15-14-22(18-27(25)31(34)37)20-8-2-1-3-9-20/h1-5,8-11,14-15,18,24,26,28H,6-7,12-13,16-17,19H2,(H,38,39)/t24-,26+,28?/m0/s1. The maximum Gasteiger partial charge on any atom is 0.307 e. The molecule has 0 bridgehead atoms. The monoisotopic (exact) mass is 522 g/mol. The highest BCUT2D eigenvalue weighted by molar-refractivity contribution is 6.21. The van der Waals surface area contributed by atoms with E-state index in [-0.39, 0.29) is 24.3 Å². The van der Waals surface area contributed by atoms with Gasteiger partial charge in [-0.15, -0.1) is 0 Å². The van der Waals surface area contributed by atoms with Gasteiger partial charge in [0.25, 0.3) is 11.8 Å². The number of benzene rings is 3. The van der Waals surface area contributed by atoms with Gasteiger partial charge < -0.3 is 10.0 Å². The molecule has 198 valence electrons. The smallest absolute Gasteiger partial charge is 0.307 e. The Morgan fingerprint density at radius 3 is 2.26 bits per heavy atom. The third-order valence-corrected chi connectivity index (χ3v) is 8.53. The molecule has 3 amide bonds. The lowest BCUT2D eigenvalue weighted by atomic mass is 9.77. The van der Waals surface area contributed by atoms with Gasteiger partial charge >= 0.3 is 5.97 Å². The Morgan fingerprint density at radius 2 is 1.49 bits per heavy atom. The number of carboxylic acids is 1. The van der Waals surface area contributed by atoms with Gasteiger partial charge in [-0.25, -0.2) is 0 Å². The van der Waals surface area contributed by atoms with E-state index in [1.807, 2.05) is 60.7 Å². The number of carboxylic acid groups (broad SMARTS) is 1. The molecule has 2 heterocycles. The lowest BCUT2D eigenvalue weighted by Crippen LogP contribution is -2.50. The average Bonchev–Trinajstić information content (AvgIpc) is 3.21. The minimum Gasteiger partial charge on any atom is -0.481 e. The molecule has 3 aromatic rings. The van der Waals surface area contributed by atoms with Crippen LogP contribution in [-0.2, 0) is 16.0 Å². The van der Waals surface area contributed by atoms with Gasteiger partial charge in [0.2, 0.25) is 5.91 Å². The molecule has 2 aliphatic heterocycles. The summed E-state index contributed by atoms with van der Waals surface area (Å²) in [5.41, 5.74) is 4.52. The number of hydrogen-bond donors (Lipinski definition) is 1. The molecule has 6 rings (SSSR count). The first-order chi connectivity index (χ1) is 18.9. The summed E-state index contributed by atoms with van der Waals surface area (Å²) in [6.07, 6.45) is 3.29. The SMILES string of the molecule is O=C(O)[C@@H]1CCCC[C@@H]1C(=O)N1CCc2ccccc2C1CN1C(=O)c2ccc(-c3ccccc3)cc2C1=O. The fourth-order valence-electron chi connectivity index (χ4n) is 6.49. The fourth-order valence-corrected chi connectivity index (χ4v) is 6.49. The van der Waals surface area contributed by atoms with Crippen molar-refractivity contribution in [3.63, 3.8) is 0 Å². The van der Waals surface area contributed by atoms with Crippen LogP contribution in [0, 0.1) is 11.8 Å². The van der Waals surface area contributed by atoms with Crippen LogP contribution in [0.2, 0.25) is 0 Å². The molecule has 1 fully saturated rings. The summed E-state index contributed by atoms with van der Waals surface area (Å²) in [5, 5.41) is 9.82. The lowest BCUT2D eigenvalue weighted by molar-refractivity contribution is -0.153. The van der Waals surface area contributed by atoms with Gasteiger partial charge in [0.1, 0.15) is 0 Å². The van der Waals surface area contributed by atoms with Gasteiger partial charge in [-0.2, -0.15) is 0 Å². The third kappa shape index (κ3) is 4.42. The number of fused-ring (bicyclic) bond motifs is 2. The predicted octanol–water partition coefficient (Wildman–Crippen LogP) is 4.97. The Hall–Kier alpha value is -4.26. The first-order valence-corrected chi connectivity index (χ1v) is 13.6. The van der Waals surface area contributed by atoms with E-state index in [1.54, 1.807) is 17.0 Å². The highest BCUT2D eigenvalue weighted by atomic mass is 16.4. The molecule has 7 heteroatoms. The maximum atomic E-state index is 13.9. The number of aliphatic carboxylic acids is 1. The van der Waals surface area contributed by atoms with Crippen LogP contribution in [0.3, 0.4) is 0 Å². The van der Waals surface area contributed by atoms with Crippen LogP contribution in [0.5, 0.6) is 0 Å². The third-order valence-electron chi connectivity index (χ3n) is 8.53. The van der Waals surface area contributed by atoms with Gasteiger partial charge in [0, 0.05) is 6.54 Å². The van der Waals surface area contributed by atoms with Crippen molar-refractivity contribution in [3.05, 3.63) is 95.1 Å². The van der Waals surface area contributed by atoms with Gasteiger partial charge in [-0.05, 0) is 53.6 Å². The molecule has 1 aliphatic carbocycles. The molecule has 0 saturated heterocycles. The summed E-state index contributed by atoms with van der Waals surface area (Å²) < 4.78 is 0. The number of carbonyl (C=O) groups is 4. The number of hydrogen-bond acceptors (Lipinski definition) is 4. The van der Waals surface area contributed by atoms with Gasteiger partial charge in [-0.3, -0.25) is 24.1 Å². The highest BCUT2D eigenvalue weighted by Crippen LogP contribution is 2.38. The fraction of sp³-hybridized carbons (Fsp3) is 0.312. The maximum absolute atomic E-state index is 13.9. The van der Waals surface area contributed by atoms with E-state index in [4.69, 9.17) is 0 Å². The van der Waals surface area contributed by atoms with Gasteiger partial charge in [-0.1, -0.05) is 73.5 Å². The summed E-state index contributed by atoms with van der Waals surface area (Å²) in [4.78, 5) is 56.0. The zero-order valence-electron chi connectivity index (χ0n) is 21.6. The second kappa shape index (κ2) is 10.1. The van der Waals surface area contributed by atoms with E-state index in [9.17, 15) is 24.3 Å². The Kier molecular flexibility index (Phi) is 6.51. The Labute approximate surface area is 227 Å². The molecule has 0 spiro atoms. The molecule has 0 aromatic heterocycles.